The summed E-state index contributed by atoms with van der Waals surface area (Å²) >= 11 is 1.45. The first-order valence-corrected chi connectivity index (χ1v) is 8.02. The second-order valence-corrected chi connectivity index (χ2v) is 5.90. The molecule has 1 aliphatic rings. The Morgan fingerprint density at radius 1 is 1.38 bits per heavy atom. The summed E-state index contributed by atoms with van der Waals surface area (Å²) in [6, 6.07) is 5.75. The minimum absolute atomic E-state index is 0.105. The first-order chi connectivity index (χ1) is 10.3. The number of carbonyl (C=O) groups is 1. The van der Waals surface area contributed by atoms with E-state index in [1.807, 2.05) is 30.0 Å². The maximum absolute atomic E-state index is 12.7. The van der Waals surface area contributed by atoms with E-state index in [0.29, 0.717) is 0 Å². The Hall–Kier alpha value is -1.79. The van der Waals surface area contributed by atoms with Gasteiger partial charge in [0, 0.05) is 32.4 Å². The van der Waals surface area contributed by atoms with E-state index >= 15 is 0 Å². The molecule has 1 fully saturated rings. The van der Waals surface area contributed by atoms with Crippen LogP contribution in [0.3, 0.4) is 0 Å². The van der Waals surface area contributed by atoms with E-state index in [0.717, 1.165) is 53.9 Å². The van der Waals surface area contributed by atoms with Crippen LogP contribution >= 0.6 is 11.3 Å². The molecule has 1 amide bonds. The number of pyridine rings is 1. The summed E-state index contributed by atoms with van der Waals surface area (Å²) in [6.45, 7) is 5.28. The molecule has 0 unspecified atom stereocenters. The Morgan fingerprint density at radius 3 is 2.86 bits per heavy atom. The van der Waals surface area contributed by atoms with Crippen LogP contribution in [0.1, 0.15) is 22.3 Å². The Kier molecular flexibility index (Phi) is 4.26. The van der Waals surface area contributed by atoms with Crippen LogP contribution in [0.5, 0.6) is 0 Å². The number of nitrogens with zero attached hydrogens (tertiary/aromatic N) is 3. The van der Waals surface area contributed by atoms with E-state index in [4.69, 9.17) is 0 Å². The second kappa shape index (κ2) is 6.32. The third kappa shape index (κ3) is 2.96. The van der Waals surface area contributed by atoms with Crippen molar-refractivity contribution in [2.45, 2.75) is 13.3 Å². The molecule has 0 bridgehead atoms. The van der Waals surface area contributed by atoms with Crippen LogP contribution < -0.4 is 5.32 Å². The van der Waals surface area contributed by atoms with Crippen molar-refractivity contribution >= 4 is 17.2 Å². The van der Waals surface area contributed by atoms with Crippen LogP contribution in [0.2, 0.25) is 0 Å². The van der Waals surface area contributed by atoms with Crippen molar-refractivity contribution in [1.29, 1.82) is 0 Å². The predicted molar refractivity (Wildman–Crippen MR) is 83.5 cm³/mol. The smallest absolute Gasteiger partial charge is 0.265 e. The lowest BCUT2D eigenvalue weighted by Gasteiger charge is -2.27. The topological polar surface area (TPSA) is 58.1 Å². The first-order valence-electron chi connectivity index (χ1n) is 7.20. The summed E-state index contributed by atoms with van der Waals surface area (Å²) < 4.78 is 0. The van der Waals surface area contributed by atoms with Crippen molar-refractivity contribution in [2.75, 3.05) is 26.2 Å². The highest BCUT2D eigenvalue weighted by Gasteiger charge is 2.24. The van der Waals surface area contributed by atoms with E-state index < -0.39 is 0 Å². The van der Waals surface area contributed by atoms with Crippen LogP contribution in [0.25, 0.3) is 10.7 Å². The van der Waals surface area contributed by atoms with Crippen molar-refractivity contribution in [3.05, 3.63) is 35.0 Å². The quantitative estimate of drug-likeness (QED) is 0.939. The number of aromatic nitrogens is 2. The Balaban J connectivity index is 1.91. The predicted octanol–water partition coefficient (Wildman–Crippen LogP) is 1.81. The van der Waals surface area contributed by atoms with Gasteiger partial charge in [0.05, 0.1) is 11.4 Å². The highest BCUT2D eigenvalue weighted by atomic mass is 32.1. The number of nitrogens with one attached hydrogen (secondary N) is 1. The molecule has 2 aromatic rings. The number of hydrogen-bond acceptors (Lipinski definition) is 5. The summed E-state index contributed by atoms with van der Waals surface area (Å²) in [5, 5.41) is 4.09. The zero-order chi connectivity index (χ0) is 14.7. The van der Waals surface area contributed by atoms with E-state index in [-0.39, 0.29) is 5.91 Å². The SMILES string of the molecule is CCc1nc(-c2ccccn2)sc1C(=O)N1CCNCC1. The van der Waals surface area contributed by atoms with Crippen LogP contribution in [-0.4, -0.2) is 47.0 Å². The number of aryl methyl sites for hydroxylation is 1. The van der Waals surface area contributed by atoms with Crippen LogP contribution in [0.4, 0.5) is 0 Å². The van der Waals surface area contributed by atoms with Gasteiger partial charge in [0.1, 0.15) is 9.88 Å². The summed E-state index contributed by atoms with van der Waals surface area (Å²) in [5.74, 6) is 0.105. The summed E-state index contributed by atoms with van der Waals surface area (Å²) in [4.78, 5) is 24.3. The molecule has 2 aromatic heterocycles. The van der Waals surface area contributed by atoms with Gasteiger partial charge in [-0.1, -0.05) is 13.0 Å². The maximum Gasteiger partial charge on any atom is 0.265 e. The third-order valence-corrected chi connectivity index (χ3v) is 4.62. The van der Waals surface area contributed by atoms with Gasteiger partial charge in [0.2, 0.25) is 0 Å². The number of piperazine rings is 1. The third-order valence-electron chi connectivity index (χ3n) is 3.51. The van der Waals surface area contributed by atoms with Crippen LogP contribution in [-0.2, 0) is 6.42 Å². The van der Waals surface area contributed by atoms with Crippen molar-refractivity contribution in [3.63, 3.8) is 0 Å². The van der Waals surface area contributed by atoms with Gasteiger partial charge in [-0.25, -0.2) is 4.98 Å². The zero-order valence-corrected chi connectivity index (χ0v) is 12.8. The molecule has 0 radical (unpaired) electrons. The average molecular weight is 302 g/mol. The van der Waals surface area contributed by atoms with E-state index in [1.54, 1.807) is 6.20 Å². The lowest BCUT2D eigenvalue weighted by molar-refractivity contribution is 0.0739. The minimum atomic E-state index is 0.105. The molecule has 0 aromatic carbocycles. The molecule has 5 nitrogen and oxygen atoms in total. The number of thiazole rings is 1. The van der Waals surface area contributed by atoms with Crippen molar-refractivity contribution in [1.82, 2.24) is 20.2 Å². The van der Waals surface area contributed by atoms with E-state index in [2.05, 4.69) is 15.3 Å². The molecule has 3 rings (SSSR count). The number of amides is 1. The van der Waals surface area contributed by atoms with Crippen molar-refractivity contribution in [3.8, 4) is 10.7 Å². The molecular weight excluding hydrogens is 284 g/mol. The molecule has 3 heterocycles. The fourth-order valence-electron chi connectivity index (χ4n) is 2.37. The molecular formula is C15H18N4OS. The minimum Gasteiger partial charge on any atom is -0.335 e. The monoisotopic (exact) mass is 302 g/mol. The van der Waals surface area contributed by atoms with Gasteiger partial charge >= 0.3 is 0 Å². The Labute approximate surface area is 128 Å². The molecule has 0 atom stereocenters. The lowest BCUT2D eigenvalue weighted by Crippen LogP contribution is -2.46. The molecule has 6 heteroatoms. The van der Waals surface area contributed by atoms with Gasteiger partial charge in [-0.15, -0.1) is 11.3 Å². The molecule has 0 saturated carbocycles. The van der Waals surface area contributed by atoms with Crippen LogP contribution in [0, 0.1) is 0 Å². The van der Waals surface area contributed by atoms with Crippen molar-refractivity contribution < 1.29 is 4.79 Å². The van der Waals surface area contributed by atoms with Crippen LogP contribution in [0.15, 0.2) is 24.4 Å². The Bertz CT molecular complexity index is 620. The maximum atomic E-state index is 12.7. The largest absolute Gasteiger partial charge is 0.335 e. The highest BCUT2D eigenvalue weighted by molar-refractivity contribution is 7.17. The van der Waals surface area contributed by atoms with Gasteiger partial charge in [-0.3, -0.25) is 9.78 Å². The summed E-state index contributed by atoms with van der Waals surface area (Å²) in [6.07, 6.45) is 2.51. The fraction of sp³-hybridized carbons (Fsp3) is 0.400. The highest BCUT2D eigenvalue weighted by Crippen LogP contribution is 2.28. The number of carbonyl (C=O) groups excluding carboxylic acids is 1. The van der Waals surface area contributed by atoms with Gasteiger partial charge in [0.15, 0.2) is 0 Å². The number of rotatable bonds is 3. The molecule has 21 heavy (non-hydrogen) atoms. The molecule has 110 valence electrons. The lowest BCUT2D eigenvalue weighted by atomic mass is 10.2. The normalized spacial score (nSPS) is 15.2. The molecule has 1 N–H and O–H groups in total. The zero-order valence-electron chi connectivity index (χ0n) is 12.0. The Morgan fingerprint density at radius 2 is 2.19 bits per heavy atom. The summed E-state index contributed by atoms with van der Waals surface area (Å²) in [5.41, 5.74) is 1.71. The molecule has 1 saturated heterocycles. The van der Waals surface area contributed by atoms with Gasteiger partial charge in [0.25, 0.3) is 5.91 Å². The van der Waals surface area contributed by atoms with Gasteiger partial charge < -0.3 is 10.2 Å². The molecule has 0 aliphatic carbocycles. The van der Waals surface area contributed by atoms with Crippen molar-refractivity contribution in [2.24, 2.45) is 0 Å². The first kappa shape index (κ1) is 14.2. The fourth-order valence-corrected chi connectivity index (χ4v) is 3.47. The molecule has 0 spiro atoms. The van der Waals surface area contributed by atoms with E-state index in [9.17, 15) is 4.79 Å². The van der Waals surface area contributed by atoms with E-state index in [1.165, 1.54) is 11.3 Å². The standard InChI is InChI=1S/C15H18N4OS/c1-2-11-13(15(20)19-9-7-16-8-10-19)21-14(18-11)12-5-3-4-6-17-12/h3-6,16H,2,7-10H2,1H3. The average Bonchev–Trinajstić information content (AvgIpc) is 3.00. The second-order valence-electron chi connectivity index (χ2n) is 4.91. The van der Waals surface area contributed by atoms with Gasteiger partial charge in [-0.2, -0.15) is 0 Å². The molecule has 1 aliphatic heterocycles. The summed E-state index contributed by atoms with van der Waals surface area (Å²) in [7, 11) is 0. The number of hydrogen-bond donors (Lipinski definition) is 1. The van der Waals surface area contributed by atoms with Gasteiger partial charge in [-0.05, 0) is 18.6 Å².